The molecule has 0 aliphatic heterocycles. The Balaban J connectivity index is 1.63. The van der Waals surface area contributed by atoms with Crippen LogP contribution >= 0.6 is 0 Å². The van der Waals surface area contributed by atoms with Gasteiger partial charge in [-0.2, -0.15) is 0 Å². The summed E-state index contributed by atoms with van der Waals surface area (Å²) in [6.07, 6.45) is 0.0651. The molecule has 0 aliphatic rings. The van der Waals surface area contributed by atoms with E-state index in [4.69, 9.17) is 14.2 Å². The van der Waals surface area contributed by atoms with E-state index in [1.54, 1.807) is 18.2 Å². The molecule has 6 nitrogen and oxygen atoms in total. The number of amides is 1. The van der Waals surface area contributed by atoms with Crippen molar-refractivity contribution in [3.8, 4) is 17.2 Å². The first-order chi connectivity index (χ1) is 15.7. The number of hydrogen-bond donors (Lipinski definition) is 1. The van der Waals surface area contributed by atoms with Crippen molar-refractivity contribution < 1.29 is 19.0 Å². The van der Waals surface area contributed by atoms with Gasteiger partial charge in [-0.3, -0.25) is 9.78 Å². The van der Waals surface area contributed by atoms with Crippen LogP contribution in [0.5, 0.6) is 17.2 Å². The minimum Gasteiger partial charge on any atom is -0.491 e. The molecule has 1 heterocycles. The highest BCUT2D eigenvalue weighted by Gasteiger charge is 2.15. The monoisotopic (exact) mass is 448 g/mol. The molecule has 1 aromatic heterocycles. The Morgan fingerprint density at radius 1 is 0.848 bits per heavy atom. The predicted molar refractivity (Wildman–Crippen MR) is 130 cm³/mol. The van der Waals surface area contributed by atoms with Gasteiger partial charge < -0.3 is 19.5 Å². The van der Waals surface area contributed by atoms with Crippen molar-refractivity contribution in [2.24, 2.45) is 0 Å². The molecule has 0 bridgehead atoms. The average Bonchev–Trinajstić information content (AvgIpc) is 2.74. The standard InChI is InChI=1S/C27H32N2O4/c1-17(2)31-20(6)26-15-14-25(19(5)28-26)27(30)29-21-10-12-22(13-11-21)33-24-9-7-8-23(16-24)32-18(3)4/h7-18,20H,1-6H3,(H,29,30). The summed E-state index contributed by atoms with van der Waals surface area (Å²) in [6, 6.07) is 18.4. The number of hydrogen-bond acceptors (Lipinski definition) is 5. The van der Waals surface area contributed by atoms with Crippen LogP contribution in [0.1, 0.15) is 62.5 Å². The molecule has 0 aliphatic carbocycles. The minimum atomic E-state index is -0.212. The fraction of sp³-hybridized carbons (Fsp3) is 0.333. The van der Waals surface area contributed by atoms with Crippen LogP contribution in [0, 0.1) is 6.92 Å². The second kappa shape index (κ2) is 11.0. The van der Waals surface area contributed by atoms with Crippen molar-refractivity contribution >= 4 is 11.6 Å². The Hall–Kier alpha value is -3.38. The fourth-order valence-electron chi connectivity index (χ4n) is 3.35. The number of pyridine rings is 1. The van der Waals surface area contributed by atoms with E-state index in [0.29, 0.717) is 28.4 Å². The Morgan fingerprint density at radius 3 is 2.18 bits per heavy atom. The highest BCUT2D eigenvalue weighted by Crippen LogP contribution is 2.27. The van der Waals surface area contributed by atoms with Crippen LogP contribution in [-0.4, -0.2) is 23.1 Å². The van der Waals surface area contributed by atoms with E-state index in [1.807, 2.05) is 84.0 Å². The molecule has 3 rings (SSSR count). The van der Waals surface area contributed by atoms with Gasteiger partial charge in [0.15, 0.2) is 0 Å². The van der Waals surface area contributed by atoms with Crippen LogP contribution in [0.3, 0.4) is 0 Å². The first kappa shape index (κ1) is 24.3. The molecular weight excluding hydrogens is 416 g/mol. The lowest BCUT2D eigenvalue weighted by Crippen LogP contribution is -2.16. The lowest BCUT2D eigenvalue weighted by molar-refractivity contribution is 0.0154. The van der Waals surface area contributed by atoms with Gasteiger partial charge in [-0.15, -0.1) is 0 Å². The Bertz CT molecular complexity index is 1080. The molecule has 0 saturated heterocycles. The number of nitrogens with zero attached hydrogens (tertiary/aromatic N) is 1. The van der Waals surface area contributed by atoms with Crippen molar-refractivity contribution in [3.05, 3.63) is 77.6 Å². The van der Waals surface area contributed by atoms with Gasteiger partial charge >= 0.3 is 0 Å². The van der Waals surface area contributed by atoms with Crippen molar-refractivity contribution in [1.29, 1.82) is 0 Å². The first-order valence-electron chi connectivity index (χ1n) is 11.2. The summed E-state index contributed by atoms with van der Waals surface area (Å²) in [5.74, 6) is 1.89. The SMILES string of the molecule is Cc1nc(C(C)OC(C)C)ccc1C(=O)Nc1ccc(Oc2cccc(OC(C)C)c2)cc1. The maximum Gasteiger partial charge on any atom is 0.257 e. The summed E-state index contributed by atoms with van der Waals surface area (Å²) in [7, 11) is 0. The normalized spacial score (nSPS) is 12.0. The van der Waals surface area contributed by atoms with E-state index < -0.39 is 0 Å². The predicted octanol–water partition coefficient (Wildman–Crippen LogP) is 6.71. The second-order valence-corrected chi connectivity index (χ2v) is 8.42. The third-order valence-corrected chi connectivity index (χ3v) is 4.77. The van der Waals surface area contributed by atoms with E-state index in [-0.39, 0.29) is 24.2 Å². The van der Waals surface area contributed by atoms with Crippen LogP contribution in [0.2, 0.25) is 0 Å². The third-order valence-electron chi connectivity index (χ3n) is 4.77. The molecule has 3 aromatic rings. The van der Waals surface area contributed by atoms with Gasteiger partial charge in [-0.25, -0.2) is 0 Å². The summed E-state index contributed by atoms with van der Waals surface area (Å²) in [5.41, 5.74) is 2.66. The van der Waals surface area contributed by atoms with Crippen LogP contribution in [0.25, 0.3) is 0 Å². The Morgan fingerprint density at radius 2 is 1.55 bits per heavy atom. The number of rotatable bonds is 9. The Kier molecular flexibility index (Phi) is 8.06. The molecule has 0 saturated carbocycles. The molecule has 1 unspecified atom stereocenters. The maximum absolute atomic E-state index is 12.8. The van der Waals surface area contributed by atoms with Gasteiger partial charge in [-0.1, -0.05) is 6.07 Å². The summed E-state index contributed by atoms with van der Waals surface area (Å²) in [5, 5.41) is 2.92. The van der Waals surface area contributed by atoms with E-state index in [0.717, 1.165) is 11.4 Å². The van der Waals surface area contributed by atoms with Crippen molar-refractivity contribution in [2.75, 3.05) is 5.32 Å². The summed E-state index contributed by atoms with van der Waals surface area (Å²) < 4.78 is 17.4. The van der Waals surface area contributed by atoms with Crippen molar-refractivity contribution in [2.45, 2.75) is 59.9 Å². The number of nitrogens with one attached hydrogen (secondary N) is 1. The summed E-state index contributed by atoms with van der Waals surface area (Å²) in [6.45, 7) is 11.7. The number of carbonyl (C=O) groups excluding carboxylic acids is 1. The lowest BCUT2D eigenvalue weighted by atomic mass is 10.1. The molecular formula is C27H32N2O4. The number of ether oxygens (including phenoxy) is 3. The third kappa shape index (κ3) is 7.05. The van der Waals surface area contributed by atoms with Gasteiger partial charge in [0.1, 0.15) is 17.2 Å². The fourth-order valence-corrected chi connectivity index (χ4v) is 3.35. The molecule has 1 atom stereocenters. The largest absolute Gasteiger partial charge is 0.491 e. The van der Waals surface area contributed by atoms with Crippen LogP contribution < -0.4 is 14.8 Å². The lowest BCUT2D eigenvalue weighted by Gasteiger charge is -2.17. The average molecular weight is 449 g/mol. The van der Waals surface area contributed by atoms with Crippen LogP contribution in [-0.2, 0) is 4.74 Å². The summed E-state index contributed by atoms with van der Waals surface area (Å²) in [4.78, 5) is 17.3. The maximum atomic E-state index is 12.8. The molecule has 174 valence electrons. The second-order valence-electron chi connectivity index (χ2n) is 8.42. The zero-order valence-corrected chi connectivity index (χ0v) is 20.1. The molecule has 0 fully saturated rings. The van der Waals surface area contributed by atoms with E-state index in [2.05, 4.69) is 10.3 Å². The zero-order chi connectivity index (χ0) is 24.0. The molecule has 2 aromatic carbocycles. The zero-order valence-electron chi connectivity index (χ0n) is 20.1. The molecule has 0 radical (unpaired) electrons. The smallest absolute Gasteiger partial charge is 0.257 e. The number of aryl methyl sites for hydroxylation is 1. The van der Waals surface area contributed by atoms with Gasteiger partial charge in [0.25, 0.3) is 5.91 Å². The van der Waals surface area contributed by atoms with Crippen molar-refractivity contribution in [3.63, 3.8) is 0 Å². The number of benzene rings is 2. The molecule has 33 heavy (non-hydrogen) atoms. The minimum absolute atomic E-state index is 0.0926. The van der Waals surface area contributed by atoms with E-state index in [1.165, 1.54) is 0 Å². The molecule has 1 amide bonds. The van der Waals surface area contributed by atoms with Crippen LogP contribution in [0.4, 0.5) is 5.69 Å². The van der Waals surface area contributed by atoms with Gasteiger partial charge in [0.2, 0.25) is 0 Å². The first-order valence-corrected chi connectivity index (χ1v) is 11.2. The summed E-state index contributed by atoms with van der Waals surface area (Å²) >= 11 is 0. The number of carbonyl (C=O) groups is 1. The Labute approximate surface area is 195 Å². The van der Waals surface area contributed by atoms with Gasteiger partial charge in [0.05, 0.1) is 35.3 Å². The van der Waals surface area contributed by atoms with Gasteiger partial charge in [-0.05, 0) is 90.1 Å². The van der Waals surface area contributed by atoms with Gasteiger partial charge in [0, 0.05) is 11.8 Å². The topological polar surface area (TPSA) is 69.7 Å². The highest BCUT2D eigenvalue weighted by atomic mass is 16.5. The number of aromatic nitrogens is 1. The van der Waals surface area contributed by atoms with Crippen LogP contribution in [0.15, 0.2) is 60.7 Å². The van der Waals surface area contributed by atoms with E-state index >= 15 is 0 Å². The van der Waals surface area contributed by atoms with Crippen molar-refractivity contribution in [1.82, 2.24) is 4.98 Å². The number of anilines is 1. The quantitative estimate of drug-likeness (QED) is 0.394. The highest BCUT2D eigenvalue weighted by molar-refractivity contribution is 6.05. The van der Waals surface area contributed by atoms with E-state index in [9.17, 15) is 4.79 Å². The molecule has 1 N–H and O–H groups in total. The molecule has 0 spiro atoms. The molecule has 6 heteroatoms.